The lowest BCUT2D eigenvalue weighted by Crippen LogP contribution is -2.47. The van der Waals surface area contributed by atoms with Crippen LogP contribution in [-0.2, 0) is 0 Å². The molecule has 0 spiro atoms. The molecule has 0 radical (unpaired) electrons. The highest BCUT2D eigenvalue weighted by Crippen LogP contribution is 2.31. The molecule has 1 atom stereocenters. The Morgan fingerprint density at radius 3 is 2.47 bits per heavy atom. The van der Waals surface area contributed by atoms with E-state index in [0.29, 0.717) is 0 Å². The van der Waals surface area contributed by atoms with Gasteiger partial charge >= 0.3 is 0 Å². The first kappa shape index (κ1) is 12.9. The summed E-state index contributed by atoms with van der Waals surface area (Å²) in [6.07, 6.45) is 2.48. The summed E-state index contributed by atoms with van der Waals surface area (Å²) >= 11 is 0. The van der Waals surface area contributed by atoms with Gasteiger partial charge in [-0.1, -0.05) is 18.2 Å². The van der Waals surface area contributed by atoms with E-state index >= 15 is 0 Å². The van der Waals surface area contributed by atoms with Crippen LogP contribution in [0, 0.1) is 5.92 Å². The quantitative estimate of drug-likeness (QED) is 0.899. The third kappa shape index (κ3) is 3.10. The number of aliphatic hydroxyl groups is 1. The fourth-order valence-electron chi connectivity index (χ4n) is 2.97. The van der Waals surface area contributed by atoms with Crippen LogP contribution >= 0.6 is 0 Å². The SMILES string of the molecule is CC(O)c1ccccc1N1CCN(CC2CC2)CC1. The second-order valence-electron chi connectivity index (χ2n) is 5.97. The fraction of sp³-hybridized carbons (Fsp3) is 0.625. The van der Waals surface area contributed by atoms with Crippen LogP contribution in [0.25, 0.3) is 0 Å². The van der Waals surface area contributed by atoms with Crippen LogP contribution in [0.3, 0.4) is 0 Å². The van der Waals surface area contributed by atoms with Gasteiger partial charge in [-0.3, -0.25) is 4.90 Å². The number of nitrogens with zero attached hydrogens (tertiary/aromatic N) is 2. The summed E-state index contributed by atoms with van der Waals surface area (Å²) in [4.78, 5) is 5.02. The van der Waals surface area contributed by atoms with Crippen molar-refractivity contribution in [2.45, 2.75) is 25.9 Å². The molecule has 1 aromatic carbocycles. The van der Waals surface area contributed by atoms with Crippen molar-refractivity contribution in [2.24, 2.45) is 5.92 Å². The smallest absolute Gasteiger partial charge is 0.0781 e. The van der Waals surface area contributed by atoms with Crippen molar-refractivity contribution in [1.29, 1.82) is 0 Å². The lowest BCUT2D eigenvalue weighted by atomic mass is 10.1. The maximum absolute atomic E-state index is 9.88. The summed E-state index contributed by atoms with van der Waals surface area (Å²) in [5.74, 6) is 0.983. The highest BCUT2D eigenvalue weighted by molar-refractivity contribution is 5.54. The van der Waals surface area contributed by atoms with Gasteiger partial charge in [-0.15, -0.1) is 0 Å². The summed E-state index contributed by atoms with van der Waals surface area (Å²) in [6.45, 7) is 7.62. The summed E-state index contributed by atoms with van der Waals surface area (Å²) in [5.41, 5.74) is 2.27. The van der Waals surface area contributed by atoms with Gasteiger partial charge in [0.05, 0.1) is 6.10 Å². The molecule has 2 fully saturated rings. The van der Waals surface area contributed by atoms with E-state index < -0.39 is 0 Å². The molecule has 1 aliphatic heterocycles. The van der Waals surface area contributed by atoms with Gasteiger partial charge in [0.25, 0.3) is 0 Å². The second kappa shape index (κ2) is 5.51. The Kier molecular flexibility index (Phi) is 3.76. The maximum atomic E-state index is 9.88. The first-order valence-corrected chi connectivity index (χ1v) is 7.48. The van der Waals surface area contributed by atoms with Gasteiger partial charge in [0.2, 0.25) is 0 Å². The molecule has 1 N–H and O–H groups in total. The minimum absolute atomic E-state index is 0.388. The van der Waals surface area contributed by atoms with Gasteiger partial charge in [0.1, 0.15) is 0 Å². The lowest BCUT2D eigenvalue weighted by molar-refractivity contribution is 0.198. The zero-order valence-electron chi connectivity index (χ0n) is 11.8. The first-order valence-electron chi connectivity index (χ1n) is 7.48. The number of para-hydroxylation sites is 1. The molecule has 3 heteroatoms. The van der Waals surface area contributed by atoms with E-state index in [9.17, 15) is 5.11 Å². The summed E-state index contributed by atoms with van der Waals surface area (Å²) in [6, 6.07) is 8.25. The molecular formula is C16H24N2O. The van der Waals surface area contributed by atoms with Crippen LogP contribution in [0.4, 0.5) is 5.69 Å². The maximum Gasteiger partial charge on any atom is 0.0781 e. The second-order valence-corrected chi connectivity index (χ2v) is 5.97. The summed E-state index contributed by atoms with van der Waals surface area (Å²) in [5, 5.41) is 9.88. The molecule has 0 bridgehead atoms. The van der Waals surface area contributed by atoms with Gasteiger partial charge < -0.3 is 10.0 Å². The van der Waals surface area contributed by atoms with Crippen molar-refractivity contribution < 1.29 is 5.11 Å². The molecule has 1 unspecified atom stereocenters. The number of hydrogen-bond acceptors (Lipinski definition) is 3. The molecule has 19 heavy (non-hydrogen) atoms. The van der Waals surface area contributed by atoms with E-state index in [-0.39, 0.29) is 6.10 Å². The van der Waals surface area contributed by atoms with Gasteiger partial charge in [-0.05, 0) is 31.7 Å². The average molecular weight is 260 g/mol. The predicted octanol–water partition coefficient (Wildman–Crippen LogP) is 2.27. The monoisotopic (exact) mass is 260 g/mol. The largest absolute Gasteiger partial charge is 0.389 e. The fourth-order valence-corrected chi connectivity index (χ4v) is 2.97. The van der Waals surface area contributed by atoms with Crippen LogP contribution in [0.5, 0.6) is 0 Å². The van der Waals surface area contributed by atoms with Crippen molar-refractivity contribution in [3.05, 3.63) is 29.8 Å². The van der Waals surface area contributed by atoms with Gasteiger partial charge in [-0.25, -0.2) is 0 Å². The Bertz CT molecular complexity index is 421. The number of hydrogen-bond donors (Lipinski definition) is 1. The highest BCUT2D eigenvalue weighted by Gasteiger charge is 2.27. The molecule has 3 nitrogen and oxygen atoms in total. The molecule has 0 aromatic heterocycles. The first-order chi connectivity index (χ1) is 9.24. The Labute approximate surface area is 115 Å². The zero-order chi connectivity index (χ0) is 13.2. The Hall–Kier alpha value is -1.06. The number of benzene rings is 1. The third-order valence-electron chi connectivity index (χ3n) is 4.31. The zero-order valence-corrected chi connectivity index (χ0v) is 11.8. The Morgan fingerprint density at radius 1 is 1.16 bits per heavy atom. The summed E-state index contributed by atoms with van der Waals surface area (Å²) in [7, 11) is 0. The number of aliphatic hydroxyl groups excluding tert-OH is 1. The molecule has 0 amide bonds. The van der Waals surface area contributed by atoms with E-state index in [1.54, 1.807) is 0 Å². The molecule has 1 saturated carbocycles. The van der Waals surface area contributed by atoms with Crippen LogP contribution < -0.4 is 4.90 Å². The molecule has 2 aliphatic rings. The van der Waals surface area contributed by atoms with E-state index in [0.717, 1.165) is 37.7 Å². The standard InChI is InChI=1S/C16H24N2O/c1-13(19)15-4-2-3-5-16(15)18-10-8-17(9-11-18)12-14-6-7-14/h2-5,13-14,19H,6-12H2,1H3. The molecule has 1 heterocycles. The van der Waals surface area contributed by atoms with Crippen molar-refractivity contribution in [2.75, 3.05) is 37.6 Å². The van der Waals surface area contributed by atoms with Gasteiger partial charge in [0, 0.05) is 44.0 Å². The summed E-state index contributed by atoms with van der Waals surface area (Å²) < 4.78 is 0. The van der Waals surface area contributed by atoms with Crippen LogP contribution in [0.15, 0.2) is 24.3 Å². The van der Waals surface area contributed by atoms with Crippen molar-refractivity contribution in [3.8, 4) is 0 Å². The molecule has 3 rings (SSSR count). The lowest BCUT2D eigenvalue weighted by Gasteiger charge is -2.37. The number of anilines is 1. The van der Waals surface area contributed by atoms with Crippen molar-refractivity contribution >= 4 is 5.69 Å². The molecule has 104 valence electrons. The third-order valence-corrected chi connectivity index (χ3v) is 4.31. The normalized spacial score (nSPS) is 22.5. The Morgan fingerprint density at radius 2 is 1.84 bits per heavy atom. The van der Waals surface area contributed by atoms with Crippen molar-refractivity contribution in [1.82, 2.24) is 4.90 Å². The minimum atomic E-state index is -0.388. The highest BCUT2D eigenvalue weighted by atomic mass is 16.3. The van der Waals surface area contributed by atoms with Crippen molar-refractivity contribution in [3.63, 3.8) is 0 Å². The average Bonchev–Trinajstić information content (AvgIpc) is 3.23. The van der Waals surface area contributed by atoms with E-state index in [1.807, 2.05) is 19.1 Å². The van der Waals surface area contributed by atoms with E-state index in [2.05, 4.69) is 21.9 Å². The van der Waals surface area contributed by atoms with Gasteiger partial charge in [0.15, 0.2) is 0 Å². The molecule has 1 aromatic rings. The van der Waals surface area contributed by atoms with Gasteiger partial charge in [-0.2, -0.15) is 0 Å². The van der Waals surface area contributed by atoms with E-state index in [1.165, 1.54) is 25.1 Å². The molecular weight excluding hydrogens is 236 g/mol. The van der Waals surface area contributed by atoms with Crippen LogP contribution in [-0.4, -0.2) is 42.7 Å². The number of piperazine rings is 1. The molecule has 1 aliphatic carbocycles. The topological polar surface area (TPSA) is 26.7 Å². The minimum Gasteiger partial charge on any atom is -0.389 e. The van der Waals surface area contributed by atoms with Crippen LogP contribution in [0.1, 0.15) is 31.4 Å². The Balaban J connectivity index is 1.64. The van der Waals surface area contributed by atoms with Crippen LogP contribution in [0.2, 0.25) is 0 Å². The van der Waals surface area contributed by atoms with E-state index in [4.69, 9.17) is 0 Å². The molecule has 1 saturated heterocycles. The number of rotatable bonds is 4. The predicted molar refractivity (Wildman–Crippen MR) is 78.5 cm³/mol.